The minimum atomic E-state index is -4.18. The molecule has 0 amide bonds. The molecule has 3 saturated heterocycles. The third-order valence-corrected chi connectivity index (χ3v) is 4.19. The smallest absolute Gasteiger partial charge is 0.348 e. The van der Waals surface area contributed by atoms with Crippen molar-refractivity contribution in [3.63, 3.8) is 0 Å². The zero-order valence-electron chi connectivity index (χ0n) is 9.15. The van der Waals surface area contributed by atoms with Crippen LogP contribution in [0.15, 0.2) is 11.9 Å². The summed E-state index contributed by atoms with van der Waals surface area (Å²) in [6.45, 7) is 0.301. The zero-order valence-corrected chi connectivity index (χ0v) is 12.2. The second kappa shape index (κ2) is 4.92. The highest BCUT2D eigenvalue weighted by Crippen LogP contribution is 2.43. The van der Waals surface area contributed by atoms with Crippen molar-refractivity contribution in [1.82, 2.24) is 0 Å². The van der Waals surface area contributed by atoms with Gasteiger partial charge in [0.1, 0.15) is 48.7 Å². The number of hydrogen-bond acceptors (Lipinski definition) is 4. The van der Waals surface area contributed by atoms with E-state index in [0.717, 1.165) is 5.82 Å². The predicted molar refractivity (Wildman–Crippen MR) is 70.6 cm³/mol. The normalized spacial score (nSPS) is 42.2. The minimum absolute atomic E-state index is 0.114. The molecule has 3 heterocycles. The van der Waals surface area contributed by atoms with Gasteiger partial charge in [0.15, 0.2) is 0 Å². The average Bonchev–Trinajstić information content (AvgIpc) is 2.26. The summed E-state index contributed by atoms with van der Waals surface area (Å²) in [6, 6.07) is -0.154. The molecule has 3 rings (SSSR count). The molecule has 0 aromatic rings. The Morgan fingerprint density at radius 2 is 2.29 bits per heavy atom. The molecular formula is C8H13BIO6P. The maximum absolute atomic E-state index is 10.9. The van der Waals surface area contributed by atoms with Gasteiger partial charge in [0, 0.05) is 12.2 Å². The molecule has 0 aliphatic carbocycles. The number of rotatable bonds is 3. The Labute approximate surface area is 114 Å². The molecule has 2 bridgehead atoms. The van der Waals surface area contributed by atoms with E-state index in [1.807, 2.05) is 30.9 Å². The van der Waals surface area contributed by atoms with Crippen LogP contribution in [0.2, 0.25) is 0 Å². The summed E-state index contributed by atoms with van der Waals surface area (Å²) in [5.41, 5.74) is -0.787. The lowest BCUT2D eigenvalue weighted by molar-refractivity contribution is -0.253. The van der Waals surface area contributed by atoms with Crippen molar-refractivity contribution in [2.75, 3.05) is 6.61 Å². The standard InChI is InChI=1S/C8H13BIO6P/c9-7-6-5(16-10)3-8(15-7,4-14-6)1-2-17(11,12)13/h1-2,5-7H,3-4,9H2,(H2,11,12,13)/b2-1+/t5-,6-,7+,8-/m1/s1. The second-order valence-corrected chi connectivity index (χ2v) is 6.38. The molecule has 9 heteroatoms. The van der Waals surface area contributed by atoms with E-state index in [2.05, 4.69) is 0 Å². The number of halogens is 1. The van der Waals surface area contributed by atoms with Gasteiger partial charge in [0.05, 0.1) is 12.6 Å². The van der Waals surface area contributed by atoms with Crippen LogP contribution in [0.1, 0.15) is 6.42 Å². The summed E-state index contributed by atoms with van der Waals surface area (Å²) >= 11 is 1.81. The van der Waals surface area contributed by atoms with Crippen LogP contribution < -0.4 is 0 Å². The van der Waals surface area contributed by atoms with Gasteiger partial charge in [-0.1, -0.05) is 0 Å². The summed E-state index contributed by atoms with van der Waals surface area (Å²) < 4.78 is 27.5. The first-order valence-corrected chi connectivity index (χ1v) is 7.74. The highest BCUT2D eigenvalue weighted by molar-refractivity contribution is 14.1. The molecule has 0 aromatic heterocycles. The lowest BCUT2D eigenvalue weighted by atomic mass is 9.79. The quantitative estimate of drug-likeness (QED) is 0.409. The Morgan fingerprint density at radius 1 is 1.59 bits per heavy atom. The van der Waals surface area contributed by atoms with E-state index in [1.54, 1.807) is 0 Å². The molecule has 0 radical (unpaired) electrons. The first-order valence-electron chi connectivity index (χ1n) is 5.18. The van der Waals surface area contributed by atoms with Crippen LogP contribution >= 0.6 is 30.6 Å². The average molecular weight is 374 g/mol. The Kier molecular flexibility index (Phi) is 4.05. The topological polar surface area (TPSA) is 85.2 Å². The van der Waals surface area contributed by atoms with Gasteiger partial charge in [-0.15, -0.1) is 0 Å². The van der Waals surface area contributed by atoms with Crippen LogP contribution in [-0.2, 0) is 17.1 Å². The number of ether oxygens (including phenoxy) is 2. The van der Waals surface area contributed by atoms with Crippen LogP contribution in [0.3, 0.4) is 0 Å². The van der Waals surface area contributed by atoms with E-state index >= 15 is 0 Å². The lowest BCUT2D eigenvalue weighted by Crippen LogP contribution is -2.63. The van der Waals surface area contributed by atoms with Crippen molar-refractivity contribution >= 4 is 38.4 Å². The molecule has 3 aliphatic rings. The summed E-state index contributed by atoms with van der Waals surface area (Å²) in [5.74, 6) is 0.874. The Morgan fingerprint density at radius 3 is 2.82 bits per heavy atom. The molecule has 2 N–H and O–H groups in total. The van der Waals surface area contributed by atoms with E-state index in [9.17, 15) is 4.57 Å². The van der Waals surface area contributed by atoms with Crippen molar-refractivity contribution in [3.05, 3.63) is 11.9 Å². The van der Waals surface area contributed by atoms with Crippen LogP contribution in [0.4, 0.5) is 0 Å². The van der Waals surface area contributed by atoms with Gasteiger partial charge in [-0.25, -0.2) is 0 Å². The predicted octanol–water partition coefficient (Wildman–Crippen LogP) is -0.0699. The third kappa shape index (κ3) is 3.12. The summed E-state index contributed by atoms with van der Waals surface area (Å²) in [6.07, 6.45) is 1.72. The lowest BCUT2D eigenvalue weighted by Gasteiger charge is -2.51. The summed E-state index contributed by atoms with van der Waals surface area (Å²) in [5, 5.41) is 0. The third-order valence-electron chi connectivity index (χ3n) is 3.00. The van der Waals surface area contributed by atoms with Crippen LogP contribution in [0.25, 0.3) is 0 Å². The molecule has 0 unspecified atom stereocenters. The van der Waals surface area contributed by atoms with E-state index in [0.29, 0.717) is 13.0 Å². The number of hydrogen-bond donors (Lipinski definition) is 2. The Bertz CT molecular complexity index is 373. The molecule has 4 atom stereocenters. The Hall–Kier alpha value is 0.565. The first-order chi connectivity index (χ1) is 7.85. The molecule has 0 saturated carbocycles. The highest BCUT2D eigenvalue weighted by Gasteiger charge is 2.51. The minimum Gasteiger partial charge on any atom is -0.371 e. The zero-order chi connectivity index (χ0) is 12.7. The highest BCUT2D eigenvalue weighted by atomic mass is 127. The first kappa shape index (κ1) is 14.0. The van der Waals surface area contributed by atoms with Crippen molar-refractivity contribution in [2.45, 2.75) is 30.2 Å². The van der Waals surface area contributed by atoms with Gasteiger partial charge in [0.2, 0.25) is 0 Å². The largest absolute Gasteiger partial charge is 0.371 e. The maximum atomic E-state index is 10.9. The van der Waals surface area contributed by atoms with Crippen LogP contribution in [0, 0.1) is 0 Å². The summed E-state index contributed by atoms with van der Waals surface area (Å²) in [7, 11) is -2.31. The second-order valence-electron chi connectivity index (χ2n) is 4.40. The molecule has 96 valence electrons. The van der Waals surface area contributed by atoms with Gasteiger partial charge >= 0.3 is 7.60 Å². The summed E-state index contributed by atoms with van der Waals surface area (Å²) in [4.78, 5) is 17.7. The Balaban J connectivity index is 2.19. The fourth-order valence-electron chi connectivity index (χ4n) is 2.29. The molecule has 0 aromatic carbocycles. The number of fused-ring (bicyclic) bond motifs is 3. The van der Waals surface area contributed by atoms with Gasteiger partial charge < -0.3 is 22.3 Å². The molecule has 17 heavy (non-hydrogen) atoms. The van der Waals surface area contributed by atoms with E-state index in [4.69, 9.17) is 22.3 Å². The van der Waals surface area contributed by atoms with Gasteiger partial charge in [-0.05, 0) is 6.08 Å². The van der Waals surface area contributed by atoms with Crippen molar-refractivity contribution in [3.8, 4) is 0 Å². The SMILES string of the molecule is B[C@H]1O[C@@]2(/C=C/P(=O)(O)O)CO[C@@H]1[C@H](OI)C2. The fourth-order valence-corrected chi connectivity index (χ4v) is 3.22. The molecule has 6 nitrogen and oxygen atoms in total. The van der Waals surface area contributed by atoms with Crippen molar-refractivity contribution in [1.29, 1.82) is 0 Å². The van der Waals surface area contributed by atoms with E-state index < -0.39 is 13.2 Å². The van der Waals surface area contributed by atoms with Gasteiger partial charge in [0.25, 0.3) is 0 Å². The van der Waals surface area contributed by atoms with E-state index in [1.165, 1.54) is 6.08 Å². The fraction of sp³-hybridized carbons (Fsp3) is 0.750. The van der Waals surface area contributed by atoms with Crippen molar-refractivity contribution < 1.29 is 26.9 Å². The van der Waals surface area contributed by atoms with Crippen molar-refractivity contribution in [2.24, 2.45) is 0 Å². The molecular weight excluding hydrogens is 361 g/mol. The van der Waals surface area contributed by atoms with E-state index in [-0.39, 0.29) is 18.2 Å². The van der Waals surface area contributed by atoms with Crippen LogP contribution in [0.5, 0.6) is 0 Å². The van der Waals surface area contributed by atoms with Gasteiger partial charge in [-0.3, -0.25) is 4.57 Å². The maximum Gasteiger partial charge on any atom is 0.348 e. The molecule has 0 spiro atoms. The van der Waals surface area contributed by atoms with Gasteiger partial charge in [-0.2, -0.15) is 0 Å². The molecule has 3 fully saturated rings. The molecule has 3 aliphatic heterocycles. The monoisotopic (exact) mass is 374 g/mol. The van der Waals surface area contributed by atoms with Crippen LogP contribution in [-0.4, -0.2) is 48.1 Å².